The maximum atomic E-state index is 2.90. The summed E-state index contributed by atoms with van der Waals surface area (Å²) in [6.07, 6.45) is 6.96. The molecule has 31 heavy (non-hydrogen) atoms. The minimum absolute atomic E-state index is 0.744. The van der Waals surface area contributed by atoms with E-state index in [0.29, 0.717) is 0 Å². The molecule has 6 nitrogen and oxygen atoms in total. The topological polar surface area (TPSA) is 19.4 Å². The first kappa shape index (κ1) is 23.9. The molecular weight excluding hydrogens is 384 g/mol. The summed E-state index contributed by atoms with van der Waals surface area (Å²) < 4.78 is 0. The average Bonchev–Trinajstić information content (AvgIpc) is 2.75. The first-order valence-electron chi connectivity index (χ1n) is 13.2. The van der Waals surface area contributed by atoms with Crippen molar-refractivity contribution < 1.29 is 0 Å². The summed E-state index contributed by atoms with van der Waals surface area (Å²) >= 11 is 0. The molecule has 4 aliphatic heterocycles. The lowest BCUT2D eigenvalue weighted by Crippen LogP contribution is -2.56. The van der Waals surface area contributed by atoms with Crippen molar-refractivity contribution in [1.82, 2.24) is 29.4 Å². The molecule has 3 atom stereocenters. The van der Waals surface area contributed by atoms with E-state index in [1.165, 1.54) is 111 Å². The fraction of sp³-hybridized carbons (Fsp3) is 1.00. The van der Waals surface area contributed by atoms with Gasteiger partial charge in [-0.1, -0.05) is 0 Å². The van der Waals surface area contributed by atoms with Gasteiger partial charge in [0.2, 0.25) is 0 Å². The van der Waals surface area contributed by atoms with Crippen LogP contribution in [-0.4, -0.2) is 148 Å². The minimum Gasteiger partial charge on any atom is -0.306 e. The Morgan fingerprint density at radius 1 is 0.581 bits per heavy atom. The molecule has 4 saturated heterocycles. The highest BCUT2D eigenvalue weighted by atomic mass is 15.3. The average molecular weight is 435 g/mol. The minimum atomic E-state index is 0.744. The third-order valence-electron chi connectivity index (χ3n) is 8.91. The molecule has 0 spiro atoms. The van der Waals surface area contributed by atoms with Crippen molar-refractivity contribution in [3.8, 4) is 0 Å². The maximum absolute atomic E-state index is 2.90. The summed E-state index contributed by atoms with van der Waals surface area (Å²) in [5.41, 5.74) is 0. The molecule has 0 aromatic rings. The summed E-state index contributed by atoms with van der Waals surface area (Å²) in [6, 6.07) is 1.51. The second-order valence-corrected chi connectivity index (χ2v) is 11.5. The molecule has 0 saturated carbocycles. The van der Waals surface area contributed by atoms with Gasteiger partial charge in [-0.15, -0.1) is 0 Å². The molecule has 0 aliphatic carbocycles. The molecule has 0 bridgehead atoms. The van der Waals surface area contributed by atoms with Gasteiger partial charge in [-0.05, 0) is 91.8 Å². The van der Waals surface area contributed by atoms with E-state index in [1.807, 2.05) is 0 Å². The van der Waals surface area contributed by atoms with Crippen molar-refractivity contribution in [2.24, 2.45) is 11.8 Å². The highest BCUT2D eigenvalue weighted by Gasteiger charge is 2.34. The predicted molar refractivity (Wildman–Crippen MR) is 131 cm³/mol. The highest BCUT2D eigenvalue weighted by molar-refractivity contribution is 4.90. The van der Waals surface area contributed by atoms with E-state index < -0.39 is 0 Å². The van der Waals surface area contributed by atoms with Crippen molar-refractivity contribution in [2.45, 2.75) is 44.2 Å². The van der Waals surface area contributed by atoms with Gasteiger partial charge in [-0.3, -0.25) is 4.90 Å². The van der Waals surface area contributed by atoms with Gasteiger partial charge < -0.3 is 24.5 Å². The van der Waals surface area contributed by atoms with Gasteiger partial charge in [0.25, 0.3) is 0 Å². The Bertz CT molecular complexity index is 528. The first-order chi connectivity index (χ1) is 15.0. The fourth-order valence-corrected chi connectivity index (χ4v) is 6.49. The van der Waals surface area contributed by atoms with Gasteiger partial charge in [-0.25, -0.2) is 0 Å². The largest absolute Gasteiger partial charge is 0.306 e. The molecule has 4 fully saturated rings. The zero-order chi connectivity index (χ0) is 21.8. The molecule has 0 N–H and O–H groups in total. The standard InChI is InChI=1S/C25H50N6/c1-26-8-5-22(6-9-26)20-31-16-13-28(3)21-25(31)18-24-17-23(7-10-29(24)4)19-30-14-11-27(2)12-15-30/h22-25H,5-21H2,1-4H3/t23?,24?,25-/m0/s1. The van der Waals surface area contributed by atoms with E-state index in [-0.39, 0.29) is 0 Å². The van der Waals surface area contributed by atoms with Crippen LogP contribution in [0.1, 0.15) is 32.1 Å². The number of nitrogens with zero attached hydrogens (tertiary/aromatic N) is 6. The van der Waals surface area contributed by atoms with Crippen molar-refractivity contribution in [3.05, 3.63) is 0 Å². The number of hydrogen-bond acceptors (Lipinski definition) is 6. The number of likely N-dealkylation sites (N-methyl/N-ethyl adjacent to an activating group) is 2. The fourth-order valence-electron chi connectivity index (χ4n) is 6.49. The Balaban J connectivity index is 1.30. The Morgan fingerprint density at radius 2 is 1.23 bits per heavy atom. The van der Waals surface area contributed by atoms with Gasteiger partial charge >= 0.3 is 0 Å². The third kappa shape index (κ3) is 6.87. The van der Waals surface area contributed by atoms with Crippen LogP contribution in [0.3, 0.4) is 0 Å². The SMILES string of the molecule is CN1CCC(CN2CCN(C)C[C@@H]2CC2CC(CN3CCN(C)CC3)CCN2C)CC1. The maximum Gasteiger partial charge on any atom is 0.0238 e. The number of piperidine rings is 2. The van der Waals surface area contributed by atoms with Crippen LogP contribution in [0.25, 0.3) is 0 Å². The molecule has 0 aromatic heterocycles. The quantitative estimate of drug-likeness (QED) is 0.623. The van der Waals surface area contributed by atoms with E-state index in [4.69, 9.17) is 0 Å². The van der Waals surface area contributed by atoms with Crippen molar-refractivity contribution in [2.75, 3.05) is 107 Å². The van der Waals surface area contributed by atoms with E-state index in [2.05, 4.69) is 57.6 Å². The van der Waals surface area contributed by atoms with E-state index in [9.17, 15) is 0 Å². The van der Waals surface area contributed by atoms with Crippen LogP contribution < -0.4 is 0 Å². The van der Waals surface area contributed by atoms with Gasteiger partial charge in [0, 0.05) is 71.0 Å². The lowest BCUT2D eigenvalue weighted by molar-refractivity contribution is 0.0269. The van der Waals surface area contributed by atoms with Crippen LogP contribution in [0.5, 0.6) is 0 Å². The van der Waals surface area contributed by atoms with Crippen molar-refractivity contribution >= 4 is 0 Å². The summed E-state index contributed by atoms with van der Waals surface area (Å²) in [5.74, 6) is 1.81. The predicted octanol–water partition coefficient (Wildman–Crippen LogP) is 1.29. The molecule has 0 amide bonds. The summed E-state index contributed by atoms with van der Waals surface area (Å²) in [6.45, 7) is 15.4. The molecule has 6 heteroatoms. The molecule has 0 aromatic carbocycles. The molecule has 4 aliphatic rings. The number of piperazine rings is 2. The zero-order valence-electron chi connectivity index (χ0n) is 21.0. The number of likely N-dealkylation sites (tertiary alicyclic amines) is 2. The van der Waals surface area contributed by atoms with Crippen molar-refractivity contribution in [1.29, 1.82) is 0 Å². The molecular formula is C25H50N6. The van der Waals surface area contributed by atoms with Crippen LogP contribution in [0.15, 0.2) is 0 Å². The molecule has 180 valence electrons. The summed E-state index contributed by atoms with van der Waals surface area (Å²) in [7, 11) is 9.28. The van der Waals surface area contributed by atoms with Crippen LogP contribution in [0.4, 0.5) is 0 Å². The molecule has 4 heterocycles. The zero-order valence-corrected chi connectivity index (χ0v) is 21.0. The third-order valence-corrected chi connectivity index (χ3v) is 8.91. The second kappa shape index (κ2) is 11.3. The Kier molecular flexibility index (Phi) is 8.68. The Hall–Kier alpha value is -0.240. The van der Waals surface area contributed by atoms with E-state index in [0.717, 1.165) is 23.9 Å². The summed E-state index contributed by atoms with van der Waals surface area (Å²) in [5, 5.41) is 0. The number of rotatable bonds is 6. The van der Waals surface area contributed by atoms with Gasteiger partial charge in [0.15, 0.2) is 0 Å². The van der Waals surface area contributed by atoms with Gasteiger partial charge in [0.05, 0.1) is 0 Å². The van der Waals surface area contributed by atoms with Gasteiger partial charge in [0.1, 0.15) is 0 Å². The lowest BCUT2D eigenvalue weighted by atomic mass is 9.86. The first-order valence-corrected chi connectivity index (χ1v) is 13.2. The van der Waals surface area contributed by atoms with E-state index in [1.54, 1.807) is 0 Å². The normalized spacial score (nSPS) is 35.0. The number of hydrogen-bond donors (Lipinski definition) is 0. The molecule has 2 unspecified atom stereocenters. The Morgan fingerprint density at radius 3 is 1.97 bits per heavy atom. The summed E-state index contributed by atoms with van der Waals surface area (Å²) in [4.78, 5) is 15.9. The molecule has 4 rings (SSSR count). The van der Waals surface area contributed by atoms with Crippen LogP contribution in [0, 0.1) is 11.8 Å². The second-order valence-electron chi connectivity index (χ2n) is 11.5. The molecule has 0 radical (unpaired) electrons. The highest BCUT2D eigenvalue weighted by Crippen LogP contribution is 2.29. The smallest absolute Gasteiger partial charge is 0.0238 e. The van der Waals surface area contributed by atoms with Crippen LogP contribution >= 0.6 is 0 Å². The van der Waals surface area contributed by atoms with Crippen molar-refractivity contribution in [3.63, 3.8) is 0 Å². The van der Waals surface area contributed by atoms with Gasteiger partial charge in [-0.2, -0.15) is 0 Å². The monoisotopic (exact) mass is 434 g/mol. The van der Waals surface area contributed by atoms with Crippen LogP contribution in [-0.2, 0) is 0 Å². The van der Waals surface area contributed by atoms with Crippen LogP contribution in [0.2, 0.25) is 0 Å². The Labute approximate surface area is 192 Å². The lowest BCUT2D eigenvalue weighted by Gasteiger charge is -2.46. The van der Waals surface area contributed by atoms with E-state index >= 15 is 0 Å².